The fourth-order valence-corrected chi connectivity index (χ4v) is 4.79. The van der Waals surface area contributed by atoms with E-state index in [0.29, 0.717) is 5.92 Å². The average Bonchev–Trinajstić information content (AvgIpc) is 2.58. The highest BCUT2D eigenvalue weighted by atomic mass is 28.4. The summed E-state index contributed by atoms with van der Waals surface area (Å²) in [6, 6.07) is 10.7. The van der Waals surface area contributed by atoms with Crippen LogP contribution in [-0.2, 0) is 4.43 Å². The van der Waals surface area contributed by atoms with Gasteiger partial charge in [-0.3, -0.25) is 0 Å². The van der Waals surface area contributed by atoms with E-state index in [4.69, 9.17) is 4.43 Å². The Morgan fingerprint density at radius 1 is 1.12 bits per heavy atom. The van der Waals surface area contributed by atoms with Crippen molar-refractivity contribution in [3.05, 3.63) is 48.0 Å². The molecule has 0 aliphatic heterocycles. The van der Waals surface area contributed by atoms with Gasteiger partial charge in [0.1, 0.15) is 0 Å². The average molecular weight is 361 g/mol. The molecule has 1 aromatic carbocycles. The number of aliphatic hydroxyl groups excluding tert-OH is 1. The highest BCUT2D eigenvalue weighted by molar-refractivity contribution is 6.74. The normalized spacial score (nSPS) is 26.6. The van der Waals surface area contributed by atoms with E-state index in [9.17, 15) is 5.11 Å². The van der Waals surface area contributed by atoms with Gasteiger partial charge in [0.15, 0.2) is 8.32 Å². The molecule has 0 saturated heterocycles. The van der Waals surface area contributed by atoms with Crippen molar-refractivity contribution in [2.24, 2.45) is 0 Å². The van der Waals surface area contributed by atoms with Gasteiger partial charge in [-0.1, -0.05) is 57.7 Å². The summed E-state index contributed by atoms with van der Waals surface area (Å²) in [5.41, 5.74) is 2.31. The molecule has 2 nitrogen and oxygen atoms in total. The van der Waals surface area contributed by atoms with Crippen molar-refractivity contribution < 1.29 is 9.53 Å². The molecule has 0 heterocycles. The molecular weight excluding hydrogens is 324 g/mol. The predicted octanol–water partition coefficient (Wildman–Crippen LogP) is 6.04. The monoisotopic (exact) mass is 360 g/mol. The van der Waals surface area contributed by atoms with Crippen molar-refractivity contribution >= 4 is 8.32 Å². The second-order valence-electron chi connectivity index (χ2n) is 9.15. The van der Waals surface area contributed by atoms with Crippen LogP contribution in [0.5, 0.6) is 0 Å². The van der Waals surface area contributed by atoms with E-state index in [2.05, 4.69) is 70.8 Å². The van der Waals surface area contributed by atoms with Crippen molar-refractivity contribution in [2.45, 2.75) is 89.1 Å². The molecule has 0 amide bonds. The smallest absolute Gasteiger partial charge is 0.192 e. The summed E-state index contributed by atoms with van der Waals surface area (Å²) < 4.78 is 6.78. The van der Waals surface area contributed by atoms with Crippen LogP contribution >= 0.6 is 0 Å². The largest absolute Gasteiger partial charge is 0.414 e. The molecule has 1 saturated carbocycles. The number of benzene rings is 1. The third-order valence-electron chi connectivity index (χ3n) is 6.07. The molecule has 3 heteroatoms. The van der Waals surface area contributed by atoms with E-state index >= 15 is 0 Å². The molecule has 1 N–H and O–H groups in total. The van der Waals surface area contributed by atoms with Gasteiger partial charge in [0.25, 0.3) is 0 Å². The van der Waals surface area contributed by atoms with Crippen LogP contribution in [0.15, 0.2) is 42.5 Å². The predicted molar refractivity (Wildman–Crippen MR) is 109 cm³/mol. The molecule has 1 aliphatic carbocycles. The number of hydrogen-bond donors (Lipinski definition) is 1. The molecule has 0 spiro atoms. The minimum atomic E-state index is -1.80. The second-order valence-corrected chi connectivity index (χ2v) is 13.9. The lowest BCUT2D eigenvalue weighted by molar-refractivity contribution is 0.146. The van der Waals surface area contributed by atoms with Gasteiger partial charge in [0.05, 0.1) is 6.10 Å². The molecule has 1 aromatic rings. The fourth-order valence-electron chi connectivity index (χ4n) is 3.39. The summed E-state index contributed by atoms with van der Waals surface area (Å²) >= 11 is 0. The highest BCUT2D eigenvalue weighted by Crippen LogP contribution is 2.40. The van der Waals surface area contributed by atoms with Crippen molar-refractivity contribution in [3.63, 3.8) is 0 Å². The van der Waals surface area contributed by atoms with E-state index in [1.165, 1.54) is 5.56 Å². The van der Waals surface area contributed by atoms with Crippen molar-refractivity contribution in [1.82, 2.24) is 0 Å². The zero-order valence-electron chi connectivity index (χ0n) is 16.7. The Balaban J connectivity index is 2.23. The molecule has 3 atom stereocenters. The van der Waals surface area contributed by atoms with Gasteiger partial charge in [-0.2, -0.15) is 0 Å². The third-order valence-corrected chi connectivity index (χ3v) is 10.6. The van der Waals surface area contributed by atoms with Crippen molar-refractivity contribution in [1.29, 1.82) is 0 Å². The van der Waals surface area contributed by atoms with Crippen LogP contribution in [0, 0.1) is 0 Å². The molecule has 0 aromatic heterocycles. The van der Waals surface area contributed by atoms with Crippen LogP contribution in [0.2, 0.25) is 18.1 Å². The van der Waals surface area contributed by atoms with Crippen LogP contribution in [0.25, 0.3) is 0 Å². The van der Waals surface area contributed by atoms with Crippen LogP contribution in [0.1, 0.15) is 64.4 Å². The summed E-state index contributed by atoms with van der Waals surface area (Å²) in [6.45, 7) is 15.7. The number of rotatable bonds is 3. The summed E-state index contributed by atoms with van der Waals surface area (Å²) in [5, 5.41) is 10.6. The topological polar surface area (TPSA) is 29.5 Å². The van der Waals surface area contributed by atoms with Gasteiger partial charge < -0.3 is 9.53 Å². The minimum Gasteiger partial charge on any atom is -0.414 e. The summed E-state index contributed by atoms with van der Waals surface area (Å²) in [4.78, 5) is 0. The standard InChI is InChI=1S/C22H36O2Si/c1-17-15-19(18-11-8-7-9-12-18)16-20(13-10-14-21(17)23)24-25(5,6)22(2,3)4/h7-9,11-12,19-21,23H,1,10,13-16H2,2-6H3/t19-,20+,21+/m0/s1. The Morgan fingerprint density at radius 3 is 2.36 bits per heavy atom. The van der Waals surface area contributed by atoms with E-state index in [-0.39, 0.29) is 17.2 Å². The molecule has 2 rings (SSSR count). The quantitative estimate of drug-likeness (QED) is 0.526. The fraction of sp³-hybridized carbons (Fsp3) is 0.636. The molecule has 25 heavy (non-hydrogen) atoms. The first-order chi connectivity index (χ1) is 11.6. The second kappa shape index (κ2) is 8.19. The zero-order valence-corrected chi connectivity index (χ0v) is 17.7. The van der Waals surface area contributed by atoms with E-state index < -0.39 is 8.32 Å². The Bertz CT molecular complexity index is 559. The molecule has 0 unspecified atom stereocenters. The third kappa shape index (κ3) is 5.53. The van der Waals surface area contributed by atoms with E-state index in [1.807, 2.05) is 0 Å². The zero-order chi connectivity index (χ0) is 18.7. The maximum absolute atomic E-state index is 10.4. The van der Waals surface area contributed by atoms with E-state index in [1.54, 1.807) is 0 Å². The Hall–Kier alpha value is -0.903. The molecule has 1 fully saturated rings. The van der Waals surface area contributed by atoms with Gasteiger partial charge in [-0.15, -0.1) is 0 Å². The van der Waals surface area contributed by atoms with Gasteiger partial charge in [0, 0.05) is 6.10 Å². The molecule has 0 radical (unpaired) electrons. The van der Waals surface area contributed by atoms with Crippen LogP contribution in [0.3, 0.4) is 0 Å². The summed E-state index contributed by atoms with van der Waals surface area (Å²) in [7, 11) is -1.80. The lowest BCUT2D eigenvalue weighted by Gasteiger charge is -2.40. The molecule has 0 bridgehead atoms. The number of hydrogen-bond acceptors (Lipinski definition) is 2. The minimum absolute atomic E-state index is 0.219. The maximum atomic E-state index is 10.4. The van der Waals surface area contributed by atoms with Crippen LogP contribution in [0.4, 0.5) is 0 Å². The van der Waals surface area contributed by atoms with Crippen LogP contribution in [-0.4, -0.2) is 25.6 Å². The first-order valence-electron chi connectivity index (χ1n) is 9.68. The molecular formula is C22H36O2Si. The Kier molecular flexibility index (Phi) is 6.69. The Morgan fingerprint density at radius 2 is 1.76 bits per heavy atom. The lowest BCUT2D eigenvalue weighted by Crippen LogP contribution is -2.44. The highest BCUT2D eigenvalue weighted by Gasteiger charge is 2.39. The van der Waals surface area contributed by atoms with Crippen molar-refractivity contribution in [2.75, 3.05) is 0 Å². The van der Waals surface area contributed by atoms with Gasteiger partial charge in [-0.05, 0) is 67.3 Å². The van der Waals surface area contributed by atoms with Crippen molar-refractivity contribution in [3.8, 4) is 0 Å². The summed E-state index contributed by atoms with van der Waals surface area (Å²) in [6.07, 6.45) is 4.59. The first kappa shape index (κ1) is 20.4. The first-order valence-corrected chi connectivity index (χ1v) is 12.6. The van der Waals surface area contributed by atoms with Gasteiger partial charge in [0.2, 0.25) is 0 Å². The molecule has 1 aliphatic rings. The molecule has 140 valence electrons. The van der Waals surface area contributed by atoms with Gasteiger partial charge in [-0.25, -0.2) is 0 Å². The number of aliphatic hydroxyl groups is 1. The van der Waals surface area contributed by atoms with E-state index in [0.717, 1.165) is 37.7 Å². The SMILES string of the molecule is C=C1C[C@H](c2ccccc2)C[C@H](O[Si](C)(C)C(C)(C)C)CCC[C@H]1O. The van der Waals surface area contributed by atoms with Gasteiger partial charge >= 0.3 is 0 Å². The lowest BCUT2D eigenvalue weighted by atomic mass is 9.87. The maximum Gasteiger partial charge on any atom is 0.192 e. The van der Waals surface area contributed by atoms with Crippen LogP contribution < -0.4 is 0 Å². The Labute approximate surface area is 155 Å². The summed E-state index contributed by atoms with van der Waals surface area (Å²) in [5.74, 6) is 0.371.